The third-order valence-electron chi connectivity index (χ3n) is 2.77. The minimum atomic E-state index is -0.704. The van der Waals surface area contributed by atoms with Gasteiger partial charge in [-0.05, 0) is 12.8 Å². The molecule has 0 aromatic carbocycles. The number of hydrogen-bond donors (Lipinski definition) is 1. The molecule has 0 aromatic rings. The molecule has 1 atom stereocenters. The molecule has 0 aliphatic carbocycles. The maximum Gasteiger partial charge on any atom is 0.305 e. The molecule has 1 N–H and O–H groups in total. The van der Waals surface area contributed by atoms with Crippen LogP contribution in [0, 0.1) is 11.8 Å². The second-order valence-corrected chi connectivity index (χ2v) is 4.47. The Morgan fingerprint density at radius 3 is 2.56 bits per heavy atom. The van der Waals surface area contributed by atoms with Gasteiger partial charge in [0.15, 0.2) is 0 Å². The van der Waals surface area contributed by atoms with Crippen molar-refractivity contribution in [3.05, 3.63) is 0 Å². The molecule has 0 radical (unpaired) electrons. The Bertz CT molecular complexity index is 263. The van der Waals surface area contributed by atoms with Crippen molar-refractivity contribution >= 4 is 5.97 Å². The molecule has 18 heavy (non-hydrogen) atoms. The molecule has 0 saturated heterocycles. The van der Waals surface area contributed by atoms with Crippen LogP contribution in [-0.4, -0.2) is 24.3 Å². The molecule has 0 fully saturated rings. The van der Waals surface area contributed by atoms with Crippen molar-refractivity contribution in [2.75, 3.05) is 7.11 Å². The molecule has 3 nitrogen and oxygen atoms in total. The van der Waals surface area contributed by atoms with Crippen molar-refractivity contribution in [2.45, 2.75) is 70.8 Å². The lowest BCUT2D eigenvalue weighted by molar-refractivity contribution is -0.141. The van der Waals surface area contributed by atoms with Gasteiger partial charge in [-0.15, -0.1) is 5.92 Å². The molecule has 1 unspecified atom stereocenters. The highest BCUT2D eigenvalue weighted by atomic mass is 16.5. The van der Waals surface area contributed by atoms with Gasteiger partial charge >= 0.3 is 5.97 Å². The summed E-state index contributed by atoms with van der Waals surface area (Å²) in [5.74, 6) is 5.43. The van der Waals surface area contributed by atoms with Gasteiger partial charge in [0.05, 0.1) is 7.11 Å². The van der Waals surface area contributed by atoms with Crippen LogP contribution in [0.3, 0.4) is 0 Å². The molecular formula is C15H26O3. The van der Waals surface area contributed by atoms with E-state index in [1.54, 1.807) is 0 Å². The van der Waals surface area contributed by atoms with Crippen LogP contribution in [0.2, 0.25) is 0 Å². The summed E-state index contributed by atoms with van der Waals surface area (Å²) >= 11 is 0. The summed E-state index contributed by atoms with van der Waals surface area (Å²) in [6.45, 7) is 2.21. The van der Waals surface area contributed by atoms with Crippen molar-refractivity contribution in [3.8, 4) is 11.8 Å². The number of carbonyl (C=O) groups is 1. The van der Waals surface area contributed by atoms with Crippen LogP contribution >= 0.6 is 0 Å². The van der Waals surface area contributed by atoms with E-state index in [1.165, 1.54) is 39.2 Å². The fraction of sp³-hybridized carbons (Fsp3) is 0.800. The molecule has 0 rings (SSSR count). The zero-order valence-electron chi connectivity index (χ0n) is 11.7. The van der Waals surface area contributed by atoms with Gasteiger partial charge < -0.3 is 9.84 Å². The van der Waals surface area contributed by atoms with Crippen molar-refractivity contribution < 1.29 is 14.6 Å². The van der Waals surface area contributed by atoms with Gasteiger partial charge in [0.2, 0.25) is 0 Å². The lowest BCUT2D eigenvalue weighted by Gasteiger charge is -2.01. The number of aliphatic hydroxyl groups is 1. The van der Waals surface area contributed by atoms with E-state index in [4.69, 9.17) is 0 Å². The number of aliphatic hydroxyl groups excluding tert-OH is 1. The van der Waals surface area contributed by atoms with Crippen LogP contribution in [0.25, 0.3) is 0 Å². The number of ether oxygens (including phenoxy) is 1. The van der Waals surface area contributed by atoms with Gasteiger partial charge in [0.25, 0.3) is 0 Å². The Hall–Kier alpha value is -1.01. The van der Waals surface area contributed by atoms with Gasteiger partial charge in [-0.1, -0.05) is 44.9 Å². The second-order valence-electron chi connectivity index (χ2n) is 4.47. The van der Waals surface area contributed by atoms with E-state index < -0.39 is 6.10 Å². The van der Waals surface area contributed by atoms with Crippen LogP contribution in [0.4, 0.5) is 0 Å². The summed E-state index contributed by atoms with van der Waals surface area (Å²) in [6.07, 6.45) is 8.20. The average Bonchev–Trinajstić information content (AvgIpc) is 2.39. The highest BCUT2D eigenvalue weighted by Crippen LogP contribution is 2.06. The number of esters is 1. The monoisotopic (exact) mass is 254 g/mol. The largest absolute Gasteiger partial charge is 0.469 e. The summed E-state index contributed by atoms with van der Waals surface area (Å²) in [7, 11) is 1.35. The Morgan fingerprint density at radius 1 is 1.22 bits per heavy atom. The maximum absolute atomic E-state index is 10.8. The highest BCUT2D eigenvalue weighted by Gasteiger charge is 2.04. The Morgan fingerprint density at radius 2 is 1.89 bits per heavy atom. The van der Waals surface area contributed by atoms with Gasteiger partial charge in [0, 0.05) is 12.8 Å². The second kappa shape index (κ2) is 12.4. The third-order valence-corrected chi connectivity index (χ3v) is 2.77. The van der Waals surface area contributed by atoms with E-state index in [-0.39, 0.29) is 12.4 Å². The van der Waals surface area contributed by atoms with E-state index in [9.17, 15) is 9.90 Å². The Labute approximate surface area is 111 Å². The van der Waals surface area contributed by atoms with E-state index >= 15 is 0 Å². The molecule has 0 spiro atoms. The van der Waals surface area contributed by atoms with Crippen LogP contribution in [0.5, 0.6) is 0 Å². The van der Waals surface area contributed by atoms with Gasteiger partial charge in [-0.3, -0.25) is 4.79 Å². The predicted molar refractivity (Wildman–Crippen MR) is 73.0 cm³/mol. The molecule has 0 heterocycles. The number of unbranched alkanes of at least 4 members (excludes halogenated alkanes) is 6. The van der Waals surface area contributed by atoms with E-state index in [0.717, 1.165) is 12.8 Å². The predicted octanol–water partition coefficient (Wildman–Crippen LogP) is 3.05. The summed E-state index contributed by atoms with van der Waals surface area (Å²) in [5, 5.41) is 9.48. The smallest absolute Gasteiger partial charge is 0.305 e. The normalized spacial score (nSPS) is 11.5. The first-order valence-corrected chi connectivity index (χ1v) is 6.94. The first-order valence-electron chi connectivity index (χ1n) is 6.94. The van der Waals surface area contributed by atoms with Crippen molar-refractivity contribution in [3.63, 3.8) is 0 Å². The summed E-state index contributed by atoms with van der Waals surface area (Å²) in [5.41, 5.74) is 0. The van der Waals surface area contributed by atoms with Crippen molar-refractivity contribution in [1.82, 2.24) is 0 Å². The van der Waals surface area contributed by atoms with E-state index in [1.807, 2.05) is 0 Å². The topological polar surface area (TPSA) is 46.5 Å². The van der Waals surface area contributed by atoms with Gasteiger partial charge in [-0.2, -0.15) is 0 Å². The highest BCUT2D eigenvalue weighted by molar-refractivity contribution is 5.69. The number of hydrogen-bond acceptors (Lipinski definition) is 3. The minimum absolute atomic E-state index is 0.226. The van der Waals surface area contributed by atoms with Crippen molar-refractivity contribution in [2.24, 2.45) is 0 Å². The number of carbonyl (C=O) groups excluding carboxylic acids is 1. The lowest BCUT2D eigenvalue weighted by Crippen LogP contribution is -2.08. The summed E-state index contributed by atoms with van der Waals surface area (Å²) in [6, 6.07) is 0. The number of methoxy groups -OCH3 is 1. The average molecular weight is 254 g/mol. The minimum Gasteiger partial charge on any atom is -0.469 e. The van der Waals surface area contributed by atoms with Crippen LogP contribution in [-0.2, 0) is 9.53 Å². The molecule has 3 heteroatoms. The van der Waals surface area contributed by atoms with Crippen LogP contribution < -0.4 is 0 Å². The quantitative estimate of drug-likeness (QED) is 0.391. The molecule has 0 bridgehead atoms. The molecule has 0 aromatic heterocycles. The first kappa shape index (κ1) is 17.0. The molecule has 104 valence electrons. The zero-order chi connectivity index (χ0) is 13.6. The van der Waals surface area contributed by atoms with Gasteiger partial charge in [0.1, 0.15) is 6.10 Å². The lowest BCUT2D eigenvalue weighted by atomic mass is 10.1. The van der Waals surface area contributed by atoms with Crippen LogP contribution in [0.15, 0.2) is 0 Å². The van der Waals surface area contributed by atoms with Crippen molar-refractivity contribution in [1.29, 1.82) is 0 Å². The molecule has 0 aliphatic heterocycles. The maximum atomic E-state index is 10.8. The third kappa shape index (κ3) is 11.5. The fourth-order valence-electron chi connectivity index (χ4n) is 1.61. The Balaban J connectivity index is 3.43. The molecular weight excluding hydrogens is 228 g/mol. The summed E-state index contributed by atoms with van der Waals surface area (Å²) in [4.78, 5) is 10.8. The van der Waals surface area contributed by atoms with Crippen LogP contribution in [0.1, 0.15) is 64.7 Å². The SMILES string of the molecule is CCCCCCCCC#CC(O)CCC(=O)OC. The molecule has 0 aliphatic rings. The fourth-order valence-corrected chi connectivity index (χ4v) is 1.61. The molecule has 0 amide bonds. The summed E-state index contributed by atoms with van der Waals surface area (Å²) < 4.78 is 4.49. The zero-order valence-corrected chi connectivity index (χ0v) is 11.7. The first-order chi connectivity index (χ1) is 8.70. The van der Waals surface area contributed by atoms with Gasteiger partial charge in [-0.25, -0.2) is 0 Å². The molecule has 0 saturated carbocycles. The number of rotatable bonds is 9. The van der Waals surface area contributed by atoms with E-state index in [0.29, 0.717) is 6.42 Å². The van der Waals surface area contributed by atoms with E-state index in [2.05, 4.69) is 23.5 Å². The standard InChI is InChI=1S/C15H26O3/c1-3-4-5-6-7-8-9-10-11-14(16)12-13-15(17)18-2/h14,16H,3-9,12-13H2,1-2H3. The Kier molecular flexibility index (Phi) is 11.7.